The van der Waals surface area contributed by atoms with Gasteiger partial charge in [-0.2, -0.15) is 0 Å². The Morgan fingerprint density at radius 3 is 2.86 bits per heavy atom. The molecule has 1 aromatic heterocycles. The number of hydrogen-bond donors (Lipinski definition) is 1. The number of aromatic nitrogens is 1. The minimum Gasteiger partial charge on any atom is -0.365 e. The molecule has 1 heterocycles. The Bertz CT molecular complexity index is 300. The predicted molar refractivity (Wildman–Crippen MR) is 65.1 cm³/mol. The van der Waals surface area contributed by atoms with Gasteiger partial charge in [0.15, 0.2) is 0 Å². The maximum absolute atomic E-state index is 5.80. The minimum atomic E-state index is 0.281. The summed E-state index contributed by atoms with van der Waals surface area (Å²) >= 11 is 9.26. The molecule has 0 radical (unpaired) electrons. The van der Waals surface area contributed by atoms with Crippen LogP contribution < -0.4 is 5.32 Å². The Labute approximate surface area is 98.2 Å². The predicted octanol–water partition coefficient (Wildman–Crippen LogP) is 3.58. The van der Waals surface area contributed by atoms with Crippen molar-refractivity contribution in [1.82, 2.24) is 4.98 Å². The molecule has 0 aliphatic heterocycles. The van der Waals surface area contributed by atoms with E-state index < -0.39 is 0 Å². The van der Waals surface area contributed by atoms with Gasteiger partial charge in [0.1, 0.15) is 5.82 Å². The summed E-state index contributed by atoms with van der Waals surface area (Å²) in [4.78, 5) is 4.30. The van der Waals surface area contributed by atoms with E-state index in [9.17, 15) is 0 Å². The average molecular weight is 278 g/mol. The minimum absolute atomic E-state index is 0.281. The van der Waals surface area contributed by atoms with Crippen LogP contribution in [0.25, 0.3) is 0 Å². The molecule has 0 fully saturated rings. The molecule has 0 spiro atoms. The molecule has 0 saturated heterocycles. The van der Waals surface area contributed by atoms with Gasteiger partial charge >= 0.3 is 0 Å². The Morgan fingerprint density at radius 1 is 1.64 bits per heavy atom. The standard InChI is InChI=1S/C10H14BrClN2/c1-3-8(5-12)14-10-9(11)4-7(2)6-13-10/h4,6,8H,3,5H2,1-2H3,(H,13,14). The Balaban J connectivity index is 2.76. The number of halogens is 2. The van der Waals surface area contributed by atoms with Gasteiger partial charge < -0.3 is 5.32 Å². The number of anilines is 1. The van der Waals surface area contributed by atoms with Crippen molar-refractivity contribution in [2.45, 2.75) is 26.3 Å². The lowest BCUT2D eigenvalue weighted by atomic mass is 10.2. The van der Waals surface area contributed by atoms with E-state index in [0.717, 1.165) is 22.3 Å². The van der Waals surface area contributed by atoms with Gasteiger partial charge in [0.2, 0.25) is 0 Å². The first-order valence-electron chi connectivity index (χ1n) is 4.62. The van der Waals surface area contributed by atoms with Gasteiger partial charge in [-0.1, -0.05) is 6.92 Å². The Hall–Kier alpha value is -0.280. The second-order valence-electron chi connectivity index (χ2n) is 3.25. The van der Waals surface area contributed by atoms with Crippen LogP contribution in [-0.4, -0.2) is 16.9 Å². The molecule has 0 bridgehead atoms. The van der Waals surface area contributed by atoms with Crippen molar-refractivity contribution >= 4 is 33.3 Å². The molecule has 1 aromatic rings. The lowest BCUT2D eigenvalue weighted by Crippen LogP contribution is -2.21. The summed E-state index contributed by atoms with van der Waals surface area (Å²) in [7, 11) is 0. The van der Waals surface area contributed by atoms with Crippen molar-refractivity contribution < 1.29 is 0 Å². The smallest absolute Gasteiger partial charge is 0.140 e. The van der Waals surface area contributed by atoms with Crippen molar-refractivity contribution in [3.63, 3.8) is 0 Å². The third-order valence-corrected chi connectivity index (χ3v) is 2.97. The first-order valence-corrected chi connectivity index (χ1v) is 5.94. The van der Waals surface area contributed by atoms with Gasteiger partial charge in [-0.25, -0.2) is 4.98 Å². The van der Waals surface area contributed by atoms with Crippen LogP contribution in [-0.2, 0) is 0 Å². The molecule has 1 unspecified atom stereocenters. The number of pyridine rings is 1. The van der Waals surface area contributed by atoms with E-state index in [1.807, 2.05) is 19.2 Å². The lowest BCUT2D eigenvalue weighted by Gasteiger charge is -2.15. The molecule has 14 heavy (non-hydrogen) atoms. The van der Waals surface area contributed by atoms with Crippen LogP contribution in [0.5, 0.6) is 0 Å². The fourth-order valence-corrected chi connectivity index (χ4v) is 1.96. The third kappa shape index (κ3) is 3.14. The molecule has 0 aliphatic rings. The van der Waals surface area contributed by atoms with Crippen LogP contribution in [0.3, 0.4) is 0 Å². The number of alkyl halides is 1. The molecule has 1 atom stereocenters. The fourth-order valence-electron chi connectivity index (χ4n) is 1.08. The number of aryl methyl sites for hydroxylation is 1. The second kappa shape index (κ2) is 5.56. The van der Waals surface area contributed by atoms with Crippen LogP contribution >= 0.6 is 27.5 Å². The SMILES string of the molecule is CCC(CCl)Nc1ncc(C)cc1Br. The van der Waals surface area contributed by atoms with Gasteiger partial charge in [0, 0.05) is 18.1 Å². The Kier molecular flexibility index (Phi) is 4.69. The molecule has 0 aliphatic carbocycles. The fraction of sp³-hybridized carbons (Fsp3) is 0.500. The Morgan fingerprint density at radius 2 is 2.36 bits per heavy atom. The van der Waals surface area contributed by atoms with E-state index >= 15 is 0 Å². The molecule has 0 aromatic carbocycles. The second-order valence-corrected chi connectivity index (χ2v) is 4.41. The van der Waals surface area contributed by atoms with E-state index in [4.69, 9.17) is 11.6 Å². The van der Waals surface area contributed by atoms with Crippen molar-refractivity contribution in [1.29, 1.82) is 0 Å². The van der Waals surface area contributed by atoms with Crippen molar-refractivity contribution in [2.75, 3.05) is 11.2 Å². The highest BCUT2D eigenvalue weighted by Gasteiger charge is 2.07. The normalized spacial score (nSPS) is 12.6. The van der Waals surface area contributed by atoms with Gasteiger partial charge in [0.05, 0.1) is 4.47 Å². The molecule has 0 amide bonds. The molecule has 4 heteroatoms. The van der Waals surface area contributed by atoms with E-state index in [-0.39, 0.29) is 6.04 Å². The number of rotatable bonds is 4. The van der Waals surface area contributed by atoms with Gasteiger partial charge in [0.25, 0.3) is 0 Å². The highest BCUT2D eigenvalue weighted by molar-refractivity contribution is 9.10. The van der Waals surface area contributed by atoms with E-state index in [0.29, 0.717) is 5.88 Å². The van der Waals surface area contributed by atoms with Gasteiger partial charge in [-0.3, -0.25) is 0 Å². The summed E-state index contributed by atoms with van der Waals surface area (Å²) in [6.07, 6.45) is 2.83. The molecule has 78 valence electrons. The summed E-state index contributed by atoms with van der Waals surface area (Å²) in [6.45, 7) is 4.11. The molecule has 1 rings (SSSR count). The monoisotopic (exact) mass is 276 g/mol. The largest absolute Gasteiger partial charge is 0.365 e. The van der Waals surface area contributed by atoms with E-state index in [1.165, 1.54) is 0 Å². The molecule has 1 N–H and O–H groups in total. The zero-order valence-corrected chi connectivity index (χ0v) is 10.7. The number of nitrogens with one attached hydrogen (secondary N) is 1. The van der Waals surface area contributed by atoms with Crippen LogP contribution in [0.2, 0.25) is 0 Å². The summed E-state index contributed by atoms with van der Waals surface area (Å²) in [6, 6.07) is 2.32. The molecular formula is C10H14BrClN2. The maximum atomic E-state index is 5.80. The zero-order valence-electron chi connectivity index (χ0n) is 8.35. The summed E-state index contributed by atoms with van der Waals surface area (Å²) < 4.78 is 0.987. The first kappa shape index (κ1) is 11.8. The van der Waals surface area contributed by atoms with Crippen LogP contribution in [0.4, 0.5) is 5.82 Å². The van der Waals surface area contributed by atoms with Crippen molar-refractivity contribution in [3.8, 4) is 0 Å². The van der Waals surface area contributed by atoms with Crippen LogP contribution in [0.1, 0.15) is 18.9 Å². The third-order valence-electron chi connectivity index (χ3n) is 2.00. The number of hydrogen-bond acceptors (Lipinski definition) is 2. The molecular weight excluding hydrogens is 263 g/mol. The summed E-state index contributed by atoms with van der Waals surface area (Å²) in [5.74, 6) is 1.46. The topological polar surface area (TPSA) is 24.9 Å². The van der Waals surface area contributed by atoms with E-state index in [1.54, 1.807) is 0 Å². The van der Waals surface area contributed by atoms with Crippen LogP contribution in [0, 0.1) is 6.92 Å². The van der Waals surface area contributed by atoms with Crippen LogP contribution in [0.15, 0.2) is 16.7 Å². The maximum Gasteiger partial charge on any atom is 0.140 e. The average Bonchev–Trinajstić information content (AvgIpc) is 2.17. The highest BCUT2D eigenvalue weighted by Crippen LogP contribution is 2.21. The van der Waals surface area contributed by atoms with Gasteiger partial charge in [-0.05, 0) is 40.9 Å². The van der Waals surface area contributed by atoms with Crippen molar-refractivity contribution in [3.05, 3.63) is 22.3 Å². The first-order chi connectivity index (χ1) is 6.67. The highest BCUT2D eigenvalue weighted by atomic mass is 79.9. The zero-order chi connectivity index (χ0) is 10.6. The summed E-state index contributed by atoms with van der Waals surface area (Å²) in [5.41, 5.74) is 1.14. The van der Waals surface area contributed by atoms with Crippen molar-refractivity contribution in [2.24, 2.45) is 0 Å². The quantitative estimate of drug-likeness (QED) is 0.851. The molecule has 2 nitrogen and oxygen atoms in total. The number of nitrogens with zero attached hydrogens (tertiary/aromatic N) is 1. The van der Waals surface area contributed by atoms with Gasteiger partial charge in [-0.15, -0.1) is 11.6 Å². The lowest BCUT2D eigenvalue weighted by molar-refractivity contribution is 0.764. The summed E-state index contributed by atoms with van der Waals surface area (Å²) in [5, 5.41) is 3.28. The van der Waals surface area contributed by atoms with E-state index in [2.05, 4.69) is 33.2 Å². The molecule has 0 saturated carbocycles.